The normalized spacial score (nSPS) is 17.8. The monoisotopic (exact) mass is 392 g/mol. The minimum absolute atomic E-state index is 0. The Morgan fingerprint density at radius 1 is 1.35 bits per heavy atom. The molecular weight excluding hydrogens is 367 g/mol. The molecule has 20 heavy (non-hydrogen) atoms. The highest BCUT2D eigenvalue weighted by molar-refractivity contribution is 14.0. The summed E-state index contributed by atoms with van der Waals surface area (Å²) in [5.74, 6) is 1.85. The molecule has 1 aromatic heterocycles. The van der Waals surface area contributed by atoms with E-state index >= 15 is 0 Å². The van der Waals surface area contributed by atoms with Gasteiger partial charge in [-0.1, -0.05) is 12.1 Å². The molecule has 0 saturated carbocycles. The molecule has 0 amide bonds. The number of aliphatic imine (C=N–C) groups is 1. The van der Waals surface area contributed by atoms with E-state index in [-0.39, 0.29) is 29.9 Å². The van der Waals surface area contributed by atoms with Crippen molar-refractivity contribution in [3.8, 4) is 0 Å². The summed E-state index contributed by atoms with van der Waals surface area (Å²) in [5.41, 5.74) is 8.18. The van der Waals surface area contributed by atoms with Gasteiger partial charge in [-0.2, -0.15) is 0 Å². The van der Waals surface area contributed by atoms with Crippen molar-refractivity contribution in [3.05, 3.63) is 17.0 Å². The molecule has 1 aromatic rings. The fourth-order valence-corrected chi connectivity index (χ4v) is 2.74. The van der Waals surface area contributed by atoms with E-state index in [0.29, 0.717) is 12.5 Å². The van der Waals surface area contributed by atoms with Gasteiger partial charge in [0.1, 0.15) is 5.76 Å². The van der Waals surface area contributed by atoms with Gasteiger partial charge in [0.05, 0.1) is 5.69 Å². The number of rotatable bonds is 3. The maximum Gasteiger partial charge on any atom is 0.191 e. The minimum atomic E-state index is 0. The molecular formula is C14H25IN4O. The van der Waals surface area contributed by atoms with E-state index in [0.717, 1.165) is 30.1 Å². The van der Waals surface area contributed by atoms with Gasteiger partial charge < -0.3 is 15.2 Å². The second kappa shape index (κ2) is 7.85. The Hall–Kier alpha value is -0.790. The SMILES string of the molecule is Cc1noc(C)c1C(C)CN=C(N)N1CCCCC1.I. The van der Waals surface area contributed by atoms with Crippen LogP contribution in [0, 0.1) is 13.8 Å². The molecule has 6 heteroatoms. The molecule has 0 aromatic carbocycles. The summed E-state index contributed by atoms with van der Waals surface area (Å²) in [6.45, 7) is 8.82. The maximum atomic E-state index is 6.06. The lowest BCUT2D eigenvalue weighted by Crippen LogP contribution is -2.41. The Morgan fingerprint density at radius 2 is 2.00 bits per heavy atom. The first-order valence-electron chi connectivity index (χ1n) is 7.07. The van der Waals surface area contributed by atoms with Gasteiger partial charge in [-0.05, 0) is 33.1 Å². The molecule has 0 bridgehead atoms. The zero-order valence-corrected chi connectivity index (χ0v) is 14.9. The third-order valence-corrected chi connectivity index (χ3v) is 3.79. The third kappa shape index (κ3) is 4.10. The summed E-state index contributed by atoms with van der Waals surface area (Å²) in [6.07, 6.45) is 3.74. The zero-order chi connectivity index (χ0) is 13.8. The average Bonchev–Trinajstić information content (AvgIpc) is 2.76. The van der Waals surface area contributed by atoms with Crippen LogP contribution in [0.5, 0.6) is 0 Å². The molecule has 1 unspecified atom stereocenters. The van der Waals surface area contributed by atoms with Gasteiger partial charge >= 0.3 is 0 Å². The van der Waals surface area contributed by atoms with Crippen LogP contribution in [-0.4, -0.2) is 35.7 Å². The summed E-state index contributed by atoms with van der Waals surface area (Å²) in [7, 11) is 0. The van der Waals surface area contributed by atoms with Crippen molar-refractivity contribution < 1.29 is 4.52 Å². The zero-order valence-electron chi connectivity index (χ0n) is 12.6. The fraction of sp³-hybridized carbons (Fsp3) is 0.714. The van der Waals surface area contributed by atoms with Gasteiger partial charge in [-0.3, -0.25) is 4.99 Å². The van der Waals surface area contributed by atoms with Gasteiger partial charge in [-0.15, -0.1) is 24.0 Å². The summed E-state index contributed by atoms with van der Waals surface area (Å²) in [5, 5.41) is 3.99. The Balaban J connectivity index is 0.00000200. The first-order valence-corrected chi connectivity index (χ1v) is 7.07. The van der Waals surface area contributed by atoms with Gasteiger partial charge in [-0.25, -0.2) is 0 Å². The summed E-state index contributed by atoms with van der Waals surface area (Å²) in [6, 6.07) is 0. The number of likely N-dealkylation sites (tertiary alicyclic amines) is 1. The summed E-state index contributed by atoms with van der Waals surface area (Å²) >= 11 is 0. The summed E-state index contributed by atoms with van der Waals surface area (Å²) < 4.78 is 5.20. The van der Waals surface area contributed by atoms with Crippen molar-refractivity contribution in [2.24, 2.45) is 10.7 Å². The standard InChI is InChI=1S/C14H24N4O.HI/c1-10(13-11(2)17-19-12(13)3)9-16-14(15)18-7-5-4-6-8-18;/h10H,4-9H2,1-3H3,(H2,15,16);1H. The molecule has 2 N–H and O–H groups in total. The predicted octanol–water partition coefficient (Wildman–Crippen LogP) is 2.81. The highest BCUT2D eigenvalue weighted by Crippen LogP contribution is 2.23. The first-order chi connectivity index (χ1) is 9.09. The van der Waals surface area contributed by atoms with Crippen molar-refractivity contribution in [1.82, 2.24) is 10.1 Å². The van der Waals surface area contributed by atoms with E-state index in [4.69, 9.17) is 10.3 Å². The molecule has 2 heterocycles. The highest BCUT2D eigenvalue weighted by atomic mass is 127. The van der Waals surface area contributed by atoms with E-state index in [2.05, 4.69) is 22.0 Å². The van der Waals surface area contributed by atoms with Crippen molar-refractivity contribution in [2.45, 2.75) is 46.0 Å². The Morgan fingerprint density at radius 3 is 2.55 bits per heavy atom. The topological polar surface area (TPSA) is 67.6 Å². The van der Waals surface area contributed by atoms with E-state index < -0.39 is 0 Å². The number of nitrogens with two attached hydrogens (primary N) is 1. The van der Waals surface area contributed by atoms with Crippen LogP contribution in [-0.2, 0) is 0 Å². The smallest absolute Gasteiger partial charge is 0.191 e. The molecule has 1 aliphatic heterocycles. The third-order valence-electron chi connectivity index (χ3n) is 3.79. The van der Waals surface area contributed by atoms with Crippen LogP contribution < -0.4 is 5.73 Å². The van der Waals surface area contributed by atoms with Crippen LogP contribution in [0.2, 0.25) is 0 Å². The van der Waals surface area contributed by atoms with Crippen molar-refractivity contribution in [1.29, 1.82) is 0 Å². The lowest BCUT2D eigenvalue weighted by Gasteiger charge is -2.27. The number of aryl methyl sites for hydroxylation is 2. The molecule has 0 aliphatic carbocycles. The second-order valence-corrected chi connectivity index (χ2v) is 5.39. The largest absolute Gasteiger partial charge is 0.370 e. The van der Waals surface area contributed by atoms with Crippen LogP contribution in [0.25, 0.3) is 0 Å². The Labute approximate surface area is 138 Å². The number of guanidine groups is 1. The van der Waals surface area contributed by atoms with Crippen LogP contribution in [0.4, 0.5) is 0 Å². The lowest BCUT2D eigenvalue weighted by molar-refractivity contribution is 0.338. The molecule has 5 nitrogen and oxygen atoms in total. The number of halogens is 1. The quantitative estimate of drug-likeness (QED) is 0.488. The maximum absolute atomic E-state index is 6.06. The molecule has 114 valence electrons. The molecule has 1 aliphatic rings. The summed E-state index contributed by atoms with van der Waals surface area (Å²) in [4.78, 5) is 6.72. The number of hydrogen-bond acceptors (Lipinski definition) is 3. The Kier molecular flexibility index (Phi) is 6.78. The van der Waals surface area contributed by atoms with Crippen molar-refractivity contribution >= 4 is 29.9 Å². The molecule has 2 rings (SSSR count). The van der Waals surface area contributed by atoms with Crippen LogP contribution in [0.1, 0.15) is 49.1 Å². The second-order valence-electron chi connectivity index (χ2n) is 5.39. The highest BCUT2D eigenvalue weighted by Gasteiger charge is 2.17. The Bertz CT molecular complexity index is 433. The van der Waals surface area contributed by atoms with Gasteiger partial charge in [0.25, 0.3) is 0 Å². The average molecular weight is 392 g/mol. The van der Waals surface area contributed by atoms with E-state index in [1.807, 2.05) is 13.8 Å². The van der Waals surface area contributed by atoms with Crippen LogP contribution in [0.15, 0.2) is 9.52 Å². The molecule has 0 radical (unpaired) electrons. The van der Waals surface area contributed by atoms with Gasteiger partial charge in [0.15, 0.2) is 5.96 Å². The van der Waals surface area contributed by atoms with Crippen molar-refractivity contribution in [2.75, 3.05) is 19.6 Å². The first kappa shape index (κ1) is 17.3. The fourth-order valence-electron chi connectivity index (χ4n) is 2.74. The van der Waals surface area contributed by atoms with Crippen LogP contribution in [0.3, 0.4) is 0 Å². The minimum Gasteiger partial charge on any atom is -0.370 e. The van der Waals surface area contributed by atoms with Gasteiger partial charge in [0.2, 0.25) is 0 Å². The van der Waals surface area contributed by atoms with E-state index in [1.165, 1.54) is 19.3 Å². The number of nitrogens with zero attached hydrogens (tertiary/aromatic N) is 3. The van der Waals surface area contributed by atoms with Crippen LogP contribution >= 0.6 is 24.0 Å². The van der Waals surface area contributed by atoms with E-state index in [9.17, 15) is 0 Å². The number of hydrogen-bond donors (Lipinski definition) is 1. The van der Waals surface area contributed by atoms with Gasteiger partial charge in [0, 0.05) is 31.1 Å². The molecule has 1 atom stereocenters. The molecule has 1 saturated heterocycles. The number of aromatic nitrogens is 1. The molecule has 0 spiro atoms. The predicted molar refractivity (Wildman–Crippen MR) is 91.7 cm³/mol. The number of piperidine rings is 1. The van der Waals surface area contributed by atoms with E-state index in [1.54, 1.807) is 0 Å². The molecule has 1 fully saturated rings. The van der Waals surface area contributed by atoms with Crippen molar-refractivity contribution in [3.63, 3.8) is 0 Å². The lowest BCUT2D eigenvalue weighted by atomic mass is 10.00.